The third-order valence-electron chi connectivity index (χ3n) is 2.72. The quantitative estimate of drug-likeness (QED) is 0.537. The van der Waals surface area contributed by atoms with Gasteiger partial charge in [-0.15, -0.1) is 0 Å². The van der Waals surface area contributed by atoms with Crippen LogP contribution in [0.5, 0.6) is 0 Å². The number of para-hydroxylation sites is 1. The van der Waals surface area contributed by atoms with E-state index in [-0.39, 0.29) is 22.9 Å². The van der Waals surface area contributed by atoms with E-state index in [2.05, 4.69) is 20.3 Å². The summed E-state index contributed by atoms with van der Waals surface area (Å²) in [5, 5.41) is -3.46. The van der Waals surface area contributed by atoms with Crippen LogP contribution in [0.3, 0.4) is 0 Å². The van der Waals surface area contributed by atoms with Crippen molar-refractivity contribution < 1.29 is 30.7 Å². The van der Waals surface area contributed by atoms with Crippen LogP contribution in [0.25, 0.3) is 0 Å². The normalized spacial score (nSPS) is 12.9. The largest absolute Gasteiger partial charge is 0.460 e. The summed E-state index contributed by atoms with van der Waals surface area (Å²) in [6.45, 7) is 0. The Kier molecular flexibility index (Phi) is 5.42. The van der Waals surface area contributed by atoms with E-state index in [1.165, 1.54) is 12.1 Å². The van der Waals surface area contributed by atoms with Gasteiger partial charge in [0.15, 0.2) is 0 Å². The summed E-state index contributed by atoms with van der Waals surface area (Å²) in [5.74, 6) is -6.90. The summed E-state index contributed by atoms with van der Waals surface area (Å²) >= 11 is 4.57. The van der Waals surface area contributed by atoms with Gasteiger partial charge in [-0.1, -0.05) is 12.1 Å². The van der Waals surface area contributed by atoms with Crippen molar-refractivity contribution >= 4 is 40.9 Å². The van der Waals surface area contributed by atoms with Crippen LogP contribution in [0, 0.1) is 0 Å². The Hall–Kier alpha value is -2.02. The molecule has 0 aliphatic carbocycles. The minimum absolute atomic E-state index is 0.267. The molecule has 0 fully saturated rings. The van der Waals surface area contributed by atoms with Gasteiger partial charge in [-0.25, -0.2) is 0 Å². The van der Waals surface area contributed by atoms with Crippen molar-refractivity contribution in [1.29, 1.82) is 0 Å². The molecule has 0 amide bonds. The summed E-state index contributed by atoms with van der Waals surface area (Å²) in [4.78, 5) is 10.0. The van der Waals surface area contributed by atoms with Crippen LogP contribution in [0.4, 0.5) is 48.3 Å². The molecule has 5 nitrogen and oxygen atoms in total. The fraction of sp³-hybridized carbons (Fsp3) is 0.250. The topological polar surface area (TPSA) is 76.7 Å². The van der Waals surface area contributed by atoms with Crippen LogP contribution in [0.1, 0.15) is 0 Å². The maximum Gasteiger partial charge on any atom is 0.460 e. The van der Waals surface area contributed by atoms with E-state index in [9.17, 15) is 30.7 Å². The zero-order valence-corrected chi connectivity index (χ0v) is 13.7. The highest BCUT2D eigenvalue weighted by molar-refractivity contribution is 8.00. The highest BCUT2D eigenvalue weighted by Gasteiger charge is 2.73. The van der Waals surface area contributed by atoms with E-state index in [1.54, 1.807) is 0 Å². The molecule has 1 aromatic heterocycles. The first-order valence-corrected chi connectivity index (χ1v) is 7.57. The molecule has 0 bridgehead atoms. The summed E-state index contributed by atoms with van der Waals surface area (Å²) in [6.07, 6.45) is -6.43. The zero-order valence-electron chi connectivity index (χ0n) is 12.2. The van der Waals surface area contributed by atoms with Gasteiger partial charge < -0.3 is 11.1 Å². The maximum absolute atomic E-state index is 13.6. The van der Waals surface area contributed by atoms with Crippen molar-refractivity contribution in [3.8, 4) is 0 Å². The molecule has 0 saturated carbocycles. The lowest BCUT2D eigenvalue weighted by Gasteiger charge is -2.28. The summed E-state index contributed by atoms with van der Waals surface area (Å²) in [6, 6.07) is 4.54. The van der Waals surface area contributed by atoms with Crippen LogP contribution in [0.2, 0.25) is 5.28 Å². The minimum Gasteiger partial charge on any atom is -0.368 e. The van der Waals surface area contributed by atoms with Crippen LogP contribution in [-0.2, 0) is 0 Å². The predicted molar refractivity (Wildman–Crippen MR) is 80.8 cm³/mol. The van der Waals surface area contributed by atoms with Crippen LogP contribution in [0.15, 0.2) is 29.2 Å². The molecule has 2 rings (SSSR count). The van der Waals surface area contributed by atoms with E-state index >= 15 is 0 Å². The summed E-state index contributed by atoms with van der Waals surface area (Å²) in [7, 11) is 0. The molecule has 3 N–H and O–H groups in total. The standard InChI is InChI=1S/C12H7ClF7N5S/c13-7-23-8(21)25-9(24-7)22-5-3-1-2-4-6(5)26-12(19,20)10(14,15)11(16,17)18/h1-4H,(H3,21,22,23,24,25). The molecule has 0 unspecified atom stereocenters. The maximum atomic E-state index is 13.6. The number of thioether (sulfide) groups is 1. The monoisotopic (exact) mass is 421 g/mol. The Bertz CT molecular complexity index is 782. The first kappa shape index (κ1) is 20.3. The SMILES string of the molecule is Nc1nc(Cl)nc(Nc2ccccc2SC(F)(F)C(F)(F)C(F)(F)F)n1. The van der Waals surface area contributed by atoms with Gasteiger partial charge >= 0.3 is 17.4 Å². The fourth-order valence-electron chi connectivity index (χ4n) is 1.57. The molecule has 2 aromatic rings. The number of hydrogen-bond donors (Lipinski definition) is 2. The highest BCUT2D eigenvalue weighted by atomic mass is 35.5. The lowest BCUT2D eigenvalue weighted by Crippen LogP contribution is -2.49. The van der Waals surface area contributed by atoms with Crippen molar-refractivity contribution in [1.82, 2.24) is 15.0 Å². The van der Waals surface area contributed by atoms with E-state index in [0.717, 1.165) is 12.1 Å². The molecule has 0 atom stereocenters. The third-order valence-corrected chi connectivity index (χ3v) is 3.98. The molecule has 142 valence electrons. The van der Waals surface area contributed by atoms with E-state index in [0.29, 0.717) is 0 Å². The second-order valence-corrected chi connectivity index (χ2v) is 6.09. The average Bonchev–Trinajstić information content (AvgIpc) is 2.46. The van der Waals surface area contributed by atoms with Gasteiger partial charge in [0.1, 0.15) is 0 Å². The fourth-order valence-corrected chi connectivity index (χ4v) is 2.63. The molecule has 0 aliphatic rings. The minimum atomic E-state index is -6.43. The number of alkyl halides is 7. The summed E-state index contributed by atoms with van der Waals surface area (Å²) < 4.78 is 90.1. The lowest BCUT2D eigenvalue weighted by molar-refractivity contribution is -0.330. The van der Waals surface area contributed by atoms with Gasteiger partial charge in [0.25, 0.3) is 0 Å². The molecule has 1 heterocycles. The third kappa shape index (κ3) is 4.20. The average molecular weight is 422 g/mol. The first-order chi connectivity index (χ1) is 11.8. The Balaban J connectivity index is 2.34. The molecule has 0 spiro atoms. The number of nitrogens with zero attached hydrogens (tertiary/aromatic N) is 3. The first-order valence-electron chi connectivity index (χ1n) is 6.38. The van der Waals surface area contributed by atoms with E-state index in [1.807, 2.05) is 0 Å². The van der Waals surface area contributed by atoms with Crippen molar-refractivity contribution in [2.75, 3.05) is 11.1 Å². The van der Waals surface area contributed by atoms with E-state index < -0.39 is 34.0 Å². The van der Waals surface area contributed by atoms with Gasteiger partial charge in [-0.2, -0.15) is 45.7 Å². The Labute approximate surface area is 150 Å². The molecule has 0 radical (unpaired) electrons. The lowest BCUT2D eigenvalue weighted by atomic mass is 10.3. The molecule has 14 heteroatoms. The molecular formula is C12H7ClF7N5S. The van der Waals surface area contributed by atoms with Gasteiger partial charge in [-0.3, -0.25) is 0 Å². The van der Waals surface area contributed by atoms with Gasteiger partial charge in [0.05, 0.1) is 5.69 Å². The number of nitrogen functional groups attached to an aromatic ring is 1. The molecule has 0 saturated heterocycles. The van der Waals surface area contributed by atoms with Crippen molar-refractivity contribution in [2.24, 2.45) is 0 Å². The second kappa shape index (κ2) is 6.95. The number of rotatable bonds is 5. The van der Waals surface area contributed by atoms with Crippen molar-refractivity contribution in [3.05, 3.63) is 29.5 Å². The molecular weight excluding hydrogens is 415 g/mol. The highest BCUT2D eigenvalue weighted by Crippen LogP contribution is 2.54. The van der Waals surface area contributed by atoms with Crippen molar-refractivity contribution in [2.45, 2.75) is 22.2 Å². The number of hydrogen-bond acceptors (Lipinski definition) is 6. The number of anilines is 3. The van der Waals surface area contributed by atoms with Crippen molar-refractivity contribution in [3.63, 3.8) is 0 Å². The molecule has 0 aliphatic heterocycles. The number of benzene rings is 1. The number of aromatic nitrogens is 3. The number of nitrogens with two attached hydrogens (primary N) is 1. The molecule has 1 aromatic carbocycles. The van der Waals surface area contributed by atoms with Gasteiger partial charge in [-0.05, 0) is 35.5 Å². The Morgan fingerprint density at radius 1 is 0.962 bits per heavy atom. The zero-order chi connectivity index (χ0) is 19.8. The predicted octanol–water partition coefficient (Wildman–Crippen LogP) is 4.73. The number of halogens is 8. The van der Waals surface area contributed by atoms with Crippen LogP contribution < -0.4 is 11.1 Å². The number of nitrogens with one attached hydrogen (secondary N) is 1. The molecule has 26 heavy (non-hydrogen) atoms. The Morgan fingerprint density at radius 3 is 2.15 bits per heavy atom. The van der Waals surface area contributed by atoms with Crippen LogP contribution >= 0.6 is 23.4 Å². The Morgan fingerprint density at radius 2 is 1.58 bits per heavy atom. The van der Waals surface area contributed by atoms with Gasteiger partial charge in [0.2, 0.25) is 17.2 Å². The smallest absolute Gasteiger partial charge is 0.368 e. The second-order valence-electron chi connectivity index (χ2n) is 4.60. The van der Waals surface area contributed by atoms with E-state index in [4.69, 9.17) is 17.3 Å². The van der Waals surface area contributed by atoms with Gasteiger partial charge in [0, 0.05) is 4.90 Å². The van der Waals surface area contributed by atoms with Crippen LogP contribution in [-0.4, -0.2) is 32.3 Å². The summed E-state index contributed by atoms with van der Waals surface area (Å²) in [5.41, 5.74) is 5.05.